The molecule has 100 valence electrons. The van der Waals surface area contributed by atoms with Crippen molar-refractivity contribution < 1.29 is 26.9 Å². The van der Waals surface area contributed by atoms with Gasteiger partial charge in [-0.2, -0.15) is 0 Å². The Labute approximate surface area is 105 Å². The van der Waals surface area contributed by atoms with Crippen molar-refractivity contribution in [1.82, 2.24) is 0 Å². The van der Waals surface area contributed by atoms with Crippen molar-refractivity contribution >= 4 is 25.4 Å². The highest BCUT2D eigenvalue weighted by Gasteiger charge is 2.29. The lowest BCUT2D eigenvalue weighted by atomic mass is 10.2. The fourth-order valence-electron chi connectivity index (χ4n) is 1.26. The fraction of sp³-hybridized carbons (Fsp3) is 0.250. The lowest BCUT2D eigenvalue weighted by Gasteiger charge is -2.08. The van der Waals surface area contributed by atoms with Gasteiger partial charge in [0.2, 0.25) is 5.75 Å². The first-order valence-corrected chi connectivity index (χ1v) is 6.58. The summed E-state index contributed by atoms with van der Waals surface area (Å²) in [6.07, 6.45) is -3.08. The SMILES string of the molecule is COc1c([N+](=O)[O-])cc(C(F)F)cc1S(=O)(=O)Cl. The fourth-order valence-corrected chi connectivity index (χ4v) is 2.29. The summed E-state index contributed by atoms with van der Waals surface area (Å²) in [5, 5.41) is 10.7. The Kier molecular flexibility index (Phi) is 4.07. The Hall–Kier alpha value is -1.48. The van der Waals surface area contributed by atoms with Crippen LogP contribution in [-0.4, -0.2) is 20.5 Å². The van der Waals surface area contributed by atoms with Gasteiger partial charge in [-0.05, 0) is 6.07 Å². The number of benzene rings is 1. The first kappa shape index (κ1) is 14.6. The van der Waals surface area contributed by atoms with Gasteiger partial charge < -0.3 is 4.74 Å². The summed E-state index contributed by atoms with van der Waals surface area (Å²) in [5.74, 6) is -0.681. The molecule has 0 aromatic heterocycles. The second-order valence-corrected chi connectivity index (χ2v) is 5.60. The average molecular weight is 302 g/mol. The van der Waals surface area contributed by atoms with Crippen molar-refractivity contribution in [2.45, 2.75) is 11.3 Å². The molecule has 0 heterocycles. The van der Waals surface area contributed by atoms with Crippen molar-refractivity contribution in [2.75, 3.05) is 7.11 Å². The van der Waals surface area contributed by atoms with Crippen LogP contribution in [0.4, 0.5) is 14.5 Å². The van der Waals surface area contributed by atoms with Crippen LogP contribution in [-0.2, 0) is 9.05 Å². The number of ether oxygens (including phenoxy) is 1. The number of nitro groups is 1. The van der Waals surface area contributed by atoms with Gasteiger partial charge in [0.15, 0.2) is 0 Å². The van der Waals surface area contributed by atoms with Gasteiger partial charge in [-0.1, -0.05) is 0 Å². The normalized spacial score (nSPS) is 11.6. The summed E-state index contributed by atoms with van der Waals surface area (Å²) in [5.41, 5.74) is -1.73. The highest BCUT2D eigenvalue weighted by molar-refractivity contribution is 8.13. The molecule has 1 aromatic rings. The van der Waals surface area contributed by atoms with E-state index in [-0.39, 0.29) is 0 Å². The van der Waals surface area contributed by atoms with Crippen LogP contribution in [0.2, 0.25) is 0 Å². The van der Waals surface area contributed by atoms with Crippen molar-refractivity contribution in [3.05, 3.63) is 27.8 Å². The maximum absolute atomic E-state index is 12.5. The Balaban J connectivity index is 3.73. The van der Waals surface area contributed by atoms with Gasteiger partial charge in [-0.3, -0.25) is 10.1 Å². The minimum absolute atomic E-state index is 0.537. The smallest absolute Gasteiger partial charge is 0.312 e. The molecule has 0 radical (unpaired) electrons. The third kappa shape index (κ3) is 2.85. The zero-order valence-corrected chi connectivity index (χ0v) is 10.3. The molecule has 0 saturated carbocycles. The first-order valence-electron chi connectivity index (χ1n) is 4.27. The predicted octanol–water partition coefficient (Wildman–Crippen LogP) is 2.47. The molecule has 10 heteroatoms. The third-order valence-corrected chi connectivity index (χ3v) is 3.30. The first-order chi connectivity index (χ1) is 8.18. The summed E-state index contributed by atoms with van der Waals surface area (Å²) in [6, 6.07) is 1.08. The van der Waals surface area contributed by atoms with E-state index < -0.39 is 42.3 Å². The number of hydrogen-bond acceptors (Lipinski definition) is 5. The van der Waals surface area contributed by atoms with Crippen LogP contribution in [0.1, 0.15) is 12.0 Å². The van der Waals surface area contributed by atoms with E-state index in [0.717, 1.165) is 7.11 Å². The van der Waals surface area contributed by atoms with Crippen LogP contribution in [0.25, 0.3) is 0 Å². The minimum Gasteiger partial charge on any atom is -0.489 e. The summed E-state index contributed by atoms with van der Waals surface area (Å²) in [6.45, 7) is 0. The van der Waals surface area contributed by atoms with Gasteiger partial charge in [-0.25, -0.2) is 17.2 Å². The molecule has 0 bridgehead atoms. The van der Waals surface area contributed by atoms with Crippen molar-refractivity contribution in [3.8, 4) is 5.75 Å². The maximum Gasteiger partial charge on any atom is 0.312 e. The largest absolute Gasteiger partial charge is 0.489 e. The van der Waals surface area contributed by atoms with E-state index in [0.29, 0.717) is 12.1 Å². The Morgan fingerprint density at radius 2 is 2.00 bits per heavy atom. The second kappa shape index (κ2) is 5.02. The number of alkyl halides is 2. The molecule has 0 aliphatic heterocycles. The molecule has 0 spiro atoms. The van der Waals surface area contributed by atoms with E-state index in [1.807, 2.05) is 0 Å². The van der Waals surface area contributed by atoms with Crippen LogP contribution >= 0.6 is 10.7 Å². The van der Waals surface area contributed by atoms with Gasteiger partial charge in [0.1, 0.15) is 4.90 Å². The maximum atomic E-state index is 12.5. The molecular formula is C8H6ClF2NO5S. The van der Waals surface area contributed by atoms with E-state index in [2.05, 4.69) is 4.74 Å². The van der Waals surface area contributed by atoms with Crippen molar-refractivity contribution in [3.63, 3.8) is 0 Å². The van der Waals surface area contributed by atoms with Crippen LogP contribution in [0.5, 0.6) is 5.75 Å². The van der Waals surface area contributed by atoms with Crippen molar-refractivity contribution in [2.24, 2.45) is 0 Å². The third-order valence-electron chi connectivity index (χ3n) is 1.97. The summed E-state index contributed by atoms with van der Waals surface area (Å²) < 4.78 is 51.9. The quantitative estimate of drug-likeness (QED) is 0.484. The molecule has 0 aliphatic carbocycles. The van der Waals surface area contributed by atoms with E-state index in [4.69, 9.17) is 10.7 Å². The molecule has 0 saturated heterocycles. The molecule has 1 aromatic carbocycles. The number of methoxy groups -OCH3 is 1. The van der Waals surface area contributed by atoms with Crippen LogP contribution < -0.4 is 4.74 Å². The lowest BCUT2D eigenvalue weighted by Crippen LogP contribution is -2.03. The minimum atomic E-state index is -4.45. The highest BCUT2D eigenvalue weighted by atomic mass is 35.7. The van der Waals surface area contributed by atoms with E-state index >= 15 is 0 Å². The number of nitrogens with zero attached hydrogens (tertiary/aromatic N) is 1. The monoisotopic (exact) mass is 301 g/mol. The number of rotatable bonds is 4. The van der Waals surface area contributed by atoms with Gasteiger partial charge in [0.25, 0.3) is 15.5 Å². The molecule has 0 fully saturated rings. The number of hydrogen-bond donors (Lipinski definition) is 0. The molecule has 0 atom stereocenters. The van der Waals surface area contributed by atoms with E-state index in [1.54, 1.807) is 0 Å². The molecular weight excluding hydrogens is 296 g/mol. The topological polar surface area (TPSA) is 86.5 Å². The lowest BCUT2D eigenvalue weighted by molar-refractivity contribution is -0.386. The predicted molar refractivity (Wildman–Crippen MR) is 57.6 cm³/mol. The summed E-state index contributed by atoms with van der Waals surface area (Å²) >= 11 is 0. The van der Waals surface area contributed by atoms with Crippen LogP contribution in [0, 0.1) is 10.1 Å². The number of halogens is 3. The van der Waals surface area contributed by atoms with Crippen molar-refractivity contribution in [1.29, 1.82) is 0 Å². The molecule has 18 heavy (non-hydrogen) atoms. The molecule has 0 aliphatic rings. The van der Waals surface area contributed by atoms with Gasteiger partial charge in [0, 0.05) is 22.3 Å². The van der Waals surface area contributed by atoms with Crippen LogP contribution in [0.3, 0.4) is 0 Å². The molecule has 1 rings (SSSR count). The van der Waals surface area contributed by atoms with Gasteiger partial charge >= 0.3 is 5.69 Å². The van der Waals surface area contributed by atoms with E-state index in [1.165, 1.54) is 0 Å². The highest BCUT2D eigenvalue weighted by Crippen LogP contribution is 2.39. The Bertz CT molecular complexity index is 589. The standard InChI is InChI=1S/C8H6ClF2NO5S/c1-17-7-5(12(13)14)2-4(8(10)11)3-6(7)18(9,15)16/h2-3,8H,1H3. The van der Waals surface area contributed by atoms with Gasteiger partial charge in [0.05, 0.1) is 12.0 Å². The Morgan fingerprint density at radius 1 is 1.44 bits per heavy atom. The summed E-state index contributed by atoms with van der Waals surface area (Å²) in [7, 11) is 1.54. The molecule has 0 amide bonds. The molecule has 0 unspecified atom stereocenters. The zero-order valence-electron chi connectivity index (χ0n) is 8.76. The zero-order chi connectivity index (χ0) is 14.1. The average Bonchev–Trinajstić information content (AvgIpc) is 2.25. The second-order valence-electron chi connectivity index (χ2n) is 3.07. The Morgan fingerprint density at radius 3 is 2.33 bits per heavy atom. The molecule has 0 N–H and O–H groups in total. The van der Waals surface area contributed by atoms with Crippen LogP contribution in [0.15, 0.2) is 17.0 Å². The van der Waals surface area contributed by atoms with Gasteiger partial charge in [-0.15, -0.1) is 0 Å². The summed E-state index contributed by atoms with van der Waals surface area (Å²) in [4.78, 5) is 8.78. The molecule has 6 nitrogen and oxygen atoms in total. The number of nitro benzene ring substituents is 1. The van der Waals surface area contributed by atoms with E-state index in [9.17, 15) is 27.3 Å².